The normalized spacial score (nSPS) is 10.8. The smallest absolute Gasteiger partial charge is 0.225 e. The van der Waals surface area contributed by atoms with Crippen molar-refractivity contribution in [1.29, 1.82) is 0 Å². The molecule has 0 aliphatic heterocycles. The number of aromatic nitrogens is 2. The van der Waals surface area contributed by atoms with Crippen LogP contribution < -0.4 is 10.2 Å². The third-order valence-electron chi connectivity index (χ3n) is 2.53. The maximum atomic E-state index is 4.49. The number of rotatable bonds is 4. The SMILES string of the molecule is CNCc1cnc(N(C)C(C)C)nc1C. The van der Waals surface area contributed by atoms with Gasteiger partial charge in [0, 0.05) is 37.1 Å². The standard InChI is InChI=1S/C11H20N4/c1-8(2)15(5)11-13-7-10(6-12-4)9(3)14-11/h7-8,12H,6H2,1-5H3. The van der Waals surface area contributed by atoms with Crippen LogP contribution in [0, 0.1) is 6.92 Å². The molecule has 0 radical (unpaired) electrons. The molecular formula is C11H20N4. The first-order valence-corrected chi connectivity index (χ1v) is 5.26. The van der Waals surface area contributed by atoms with Crippen molar-refractivity contribution in [3.05, 3.63) is 17.5 Å². The van der Waals surface area contributed by atoms with Crippen LogP contribution in [0.2, 0.25) is 0 Å². The molecule has 0 fully saturated rings. The van der Waals surface area contributed by atoms with Crippen LogP contribution in [-0.2, 0) is 6.54 Å². The van der Waals surface area contributed by atoms with E-state index in [1.54, 1.807) is 0 Å². The van der Waals surface area contributed by atoms with Crippen LogP contribution in [0.3, 0.4) is 0 Å². The van der Waals surface area contributed by atoms with E-state index in [2.05, 4.69) is 34.0 Å². The molecule has 1 heterocycles. The van der Waals surface area contributed by atoms with Crippen LogP contribution >= 0.6 is 0 Å². The van der Waals surface area contributed by atoms with Crippen LogP contribution in [-0.4, -0.2) is 30.1 Å². The quantitative estimate of drug-likeness (QED) is 0.811. The Bertz CT molecular complexity index is 322. The molecular weight excluding hydrogens is 188 g/mol. The van der Waals surface area contributed by atoms with E-state index in [9.17, 15) is 0 Å². The molecule has 0 unspecified atom stereocenters. The maximum Gasteiger partial charge on any atom is 0.225 e. The van der Waals surface area contributed by atoms with Crippen LogP contribution in [0.4, 0.5) is 5.95 Å². The topological polar surface area (TPSA) is 41.1 Å². The zero-order valence-electron chi connectivity index (χ0n) is 10.2. The van der Waals surface area contributed by atoms with E-state index in [1.165, 1.54) is 0 Å². The highest BCUT2D eigenvalue weighted by atomic mass is 15.2. The van der Waals surface area contributed by atoms with Gasteiger partial charge in [-0.15, -0.1) is 0 Å². The van der Waals surface area contributed by atoms with Gasteiger partial charge in [-0.1, -0.05) is 0 Å². The van der Waals surface area contributed by atoms with Gasteiger partial charge < -0.3 is 10.2 Å². The Morgan fingerprint density at radius 2 is 2.13 bits per heavy atom. The number of nitrogens with one attached hydrogen (secondary N) is 1. The van der Waals surface area contributed by atoms with Crippen LogP contribution in [0.1, 0.15) is 25.1 Å². The Labute approximate surface area is 91.7 Å². The molecule has 4 nitrogen and oxygen atoms in total. The molecule has 0 spiro atoms. The molecule has 0 atom stereocenters. The first-order chi connectivity index (χ1) is 7.06. The molecule has 1 rings (SSSR count). The number of aryl methyl sites for hydroxylation is 1. The van der Waals surface area contributed by atoms with E-state index in [4.69, 9.17) is 0 Å². The second-order valence-electron chi connectivity index (χ2n) is 4.02. The first kappa shape index (κ1) is 11.9. The van der Waals surface area contributed by atoms with Gasteiger partial charge in [0.25, 0.3) is 0 Å². The fourth-order valence-corrected chi connectivity index (χ4v) is 1.24. The van der Waals surface area contributed by atoms with Crippen molar-refractivity contribution in [3.63, 3.8) is 0 Å². The van der Waals surface area contributed by atoms with Gasteiger partial charge in [-0.05, 0) is 27.8 Å². The molecule has 0 amide bonds. The summed E-state index contributed by atoms with van der Waals surface area (Å²) in [5.41, 5.74) is 2.19. The van der Waals surface area contributed by atoms with Gasteiger partial charge in [0.05, 0.1) is 0 Å². The second-order valence-corrected chi connectivity index (χ2v) is 4.02. The lowest BCUT2D eigenvalue weighted by Gasteiger charge is -2.21. The highest BCUT2D eigenvalue weighted by Gasteiger charge is 2.09. The van der Waals surface area contributed by atoms with Crippen molar-refractivity contribution in [1.82, 2.24) is 15.3 Å². The lowest BCUT2D eigenvalue weighted by molar-refractivity contribution is 0.720. The first-order valence-electron chi connectivity index (χ1n) is 5.26. The van der Waals surface area contributed by atoms with Gasteiger partial charge in [-0.2, -0.15) is 0 Å². The monoisotopic (exact) mass is 208 g/mol. The predicted molar refractivity (Wildman–Crippen MR) is 63.1 cm³/mol. The summed E-state index contributed by atoms with van der Waals surface area (Å²) in [5.74, 6) is 0.794. The van der Waals surface area contributed by atoms with Crippen molar-refractivity contribution in [2.45, 2.75) is 33.4 Å². The lowest BCUT2D eigenvalue weighted by atomic mass is 10.2. The van der Waals surface area contributed by atoms with E-state index in [0.29, 0.717) is 6.04 Å². The van der Waals surface area contributed by atoms with Gasteiger partial charge in [0.2, 0.25) is 5.95 Å². The summed E-state index contributed by atoms with van der Waals surface area (Å²) in [6, 6.07) is 0.416. The summed E-state index contributed by atoms with van der Waals surface area (Å²) in [6.07, 6.45) is 1.90. The highest BCUT2D eigenvalue weighted by Crippen LogP contribution is 2.11. The predicted octanol–water partition coefficient (Wildman–Crippen LogP) is 1.35. The average Bonchev–Trinajstić information content (AvgIpc) is 2.20. The Balaban J connectivity index is 2.90. The molecule has 0 bridgehead atoms. The van der Waals surface area contributed by atoms with Gasteiger partial charge in [-0.3, -0.25) is 0 Å². The summed E-state index contributed by atoms with van der Waals surface area (Å²) < 4.78 is 0. The van der Waals surface area contributed by atoms with E-state index in [-0.39, 0.29) is 0 Å². The average molecular weight is 208 g/mol. The van der Waals surface area contributed by atoms with Crippen LogP contribution in [0.25, 0.3) is 0 Å². The van der Waals surface area contributed by atoms with E-state index >= 15 is 0 Å². The molecule has 1 N–H and O–H groups in total. The molecule has 1 aromatic heterocycles. The Morgan fingerprint density at radius 1 is 1.47 bits per heavy atom. The summed E-state index contributed by atoms with van der Waals surface area (Å²) >= 11 is 0. The van der Waals surface area contributed by atoms with Gasteiger partial charge in [0.15, 0.2) is 0 Å². The van der Waals surface area contributed by atoms with E-state index < -0.39 is 0 Å². The number of hydrogen-bond acceptors (Lipinski definition) is 4. The Morgan fingerprint density at radius 3 is 2.60 bits per heavy atom. The molecule has 0 aliphatic carbocycles. The molecule has 0 aromatic carbocycles. The van der Waals surface area contributed by atoms with Crippen molar-refractivity contribution in [2.24, 2.45) is 0 Å². The van der Waals surface area contributed by atoms with Crippen molar-refractivity contribution in [3.8, 4) is 0 Å². The highest BCUT2D eigenvalue weighted by molar-refractivity contribution is 5.32. The minimum Gasteiger partial charge on any atom is -0.341 e. The van der Waals surface area contributed by atoms with Gasteiger partial charge in [0.1, 0.15) is 0 Å². The van der Waals surface area contributed by atoms with Gasteiger partial charge in [-0.25, -0.2) is 9.97 Å². The number of nitrogens with zero attached hydrogens (tertiary/aromatic N) is 3. The summed E-state index contributed by atoms with van der Waals surface area (Å²) in [4.78, 5) is 10.9. The molecule has 15 heavy (non-hydrogen) atoms. The van der Waals surface area contributed by atoms with Crippen LogP contribution in [0.15, 0.2) is 6.20 Å². The molecule has 0 aliphatic rings. The minimum absolute atomic E-state index is 0.416. The molecule has 1 aromatic rings. The summed E-state index contributed by atoms with van der Waals surface area (Å²) in [6.45, 7) is 7.09. The van der Waals surface area contributed by atoms with E-state index in [0.717, 1.165) is 23.8 Å². The molecule has 84 valence electrons. The van der Waals surface area contributed by atoms with Crippen molar-refractivity contribution >= 4 is 5.95 Å². The van der Waals surface area contributed by atoms with Crippen molar-refractivity contribution < 1.29 is 0 Å². The molecule has 0 saturated heterocycles. The van der Waals surface area contributed by atoms with Crippen molar-refractivity contribution in [2.75, 3.05) is 19.0 Å². The zero-order valence-corrected chi connectivity index (χ0v) is 10.2. The Kier molecular flexibility index (Phi) is 4.03. The fraction of sp³-hybridized carbons (Fsp3) is 0.636. The lowest BCUT2D eigenvalue weighted by Crippen LogP contribution is -2.28. The molecule has 0 saturated carbocycles. The zero-order chi connectivity index (χ0) is 11.4. The third kappa shape index (κ3) is 2.89. The van der Waals surface area contributed by atoms with Gasteiger partial charge >= 0.3 is 0 Å². The second kappa shape index (κ2) is 5.07. The minimum atomic E-state index is 0.416. The van der Waals surface area contributed by atoms with E-state index in [1.807, 2.05) is 27.2 Å². The fourth-order valence-electron chi connectivity index (χ4n) is 1.24. The third-order valence-corrected chi connectivity index (χ3v) is 2.53. The maximum absolute atomic E-state index is 4.49. The Hall–Kier alpha value is -1.16. The largest absolute Gasteiger partial charge is 0.341 e. The number of anilines is 1. The molecule has 4 heteroatoms. The number of hydrogen-bond donors (Lipinski definition) is 1. The summed E-state index contributed by atoms with van der Waals surface area (Å²) in [5, 5.41) is 3.10. The van der Waals surface area contributed by atoms with Crippen LogP contribution in [0.5, 0.6) is 0 Å². The summed E-state index contributed by atoms with van der Waals surface area (Å²) in [7, 11) is 3.94.